The Morgan fingerprint density at radius 1 is 1.80 bits per heavy atom. The molecule has 2 heteroatoms. The van der Waals surface area contributed by atoms with Crippen molar-refractivity contribution >= 4 is 35.4 Å². The van der Waals surface area contributed by atoms with Crippen molar-refractivity contribution < 1.29 is 0 Å². The summed E-state index contributed by atoms with van der Waals surface area (Å²) in [5.74, 6) is 2.06. The Morgan fingerprint density at radius 3 is 2.00 bits per heavy atom. The summed E-state index contributed by atoms with van der Waals surface area (Å²) < 4.78 is 0. The fraction of sp³-hybridized carbons (Fsp3) is 0.333. The molecular formula is C3H6NNa. The molecule has 0 saturated heterocycles. The van der Waals surface area contributed by atoms with Crippen LogP contribution in [0.4, 0.5) is 0 Å². The third-order valence-electron chi connectivity index (χ3n) is 0.144. The van der Waals surface area contributed by atoms with Crippen LogP contribution in [0, 0.1) is 5.41 Å². The minimum absolute atomic E-state index is 0. The molecule has 1 nitrogen and oxygen atoms in total. The zero-order chi connectivity index (χ0) is 3.41. The first kappa shape index (κ1) is 9.07. The minimum atomic E-state index is 0. The van der Waals surface area contributed by atoms with Crippen molar-refractivity contribution in [2.45, 2.75) is 6.92 Å². The van der Waals surface area contributed by atoms with Crippen LogP contribution in [0.1, 0.15) is 6.92 Å². The van der Waals surface area contributed by atoms with Crippen LogP contribution in [0.25, 0.3) is 0 Å². The molecule has 0 fully saturated rings. The molecule has 5 heavy (non-hydrogen) atoms. The van der Waals surface area contributed by atoms with Crippen molar-refractivity contribution in [3.05, 3.63) is 6.08 Å². The van der Waals surface area contributed by atoms with Gasteiger partial charge in [-0.2, -0.15) is 0 Å². The molecule has 0 aliphatic rings. The van der Waals surface area contributed by atoms with Gasteiger partial charge in [-0.15, -0.1) is 0 Å². The summed E-state index contributed by atoms with van der Waals surface area (Å²) in [6.45, 7) is 1.76. The van der Waals surface area contributed by atoms with Crippen molar-refractivity contribution in [3.8, 4) is 0 Å². The second kappa shape index (κ2) is 8.82. The number of nitrogens with one attached hydrogen (secondary N) is 1. The van der Waals surface area contributed by atoms with Crippen molar-refractivity contribution in [1.82, 2.24) is 0 Å². The van der Waals surface area contributed by atoms with E-state index in [-0.39, 0.29) is 29.6 Å². The van der Waals surface area contributed by atoms with Gasteiger partial charge >= 0.3 is 29.6 Å². The zero-order valence-corrected chi connectivity index (χ0v) is 2.58. The molecule has 0 aromatic rings. The van der Waals surface area contributed by atoms with E-state index in [9.17, 15) is 0 Å². The van der Waals surface area contributed by atoms with Gasteiger partial charge in [0.25, 0.3) is 0 Å². The van der Waals surface area contributed by atoms with Crippen molar-refractivity contribution in [1.29, 1.82) is 5.41 Å². The van der Waals surface area contributed by atoms with Crippen LogP contribution < -0.4 is 0 Å². The average Bonchev–Trinajstić information content (AvgIpc) is 1.37. The number of allylic oxidation sites excluding steroid dienone is 1. The Labute approximate surface area is 53.9 Å². The first-order chi connectivity index (χ1) is 1.91. The van der Waals surface area contributed by atoms with E-state index in [1.54, 1.807) is 13.0 Å². The van der Waals surface area contributed by atoms with Crippen LogP contribution in [0.15, 0.2) is 6.08 Å². The standard InChI is InChI=1S/C3H5N.Na.H/c1-2-3-4;;/h2,4H,1H3;;. The number of hydrogen-bond donors (Lipinski definition) is 1. The fourth-order valence-corrected chi connectivity index (χ4v) is 0. The summed E-state index contributed by atoms with van der Waals surface area (Å²) >= 11 is 0. The molecule has 0 amide bonds. The summed E-state index contributed by atoms with van der Waals surface area (Å²) in [5.41, 5.74) is 0. The van der Waals surface area contributed by atoms with Gasteiger partial charge in [0.2, 0.25) is 0 Å². The van der Waals surface area contributed by atoms with Crippen LogP contribution in [0.3, 0.4) is 0 Å². The molecule has 0 bridgehead atoms. The van der Waals surface area contributed by atoms with Gasteiger partial charge < -0.3 is 0 Å². The zero-order valence-electron chi connectivity index (χ0n) is 2.58. The summed E-state index contributed by atoms with van der Waals surface area (Å²) in [6, 6.07) is 0. The van der Waals surface area contributed by atoms with Gasteiger partial charge in [0.05, 0.1) is 0 Å². The Hall–Kier alpha value is 0.450. The van der Waals surface area contributed by atoms with Gasteiger partial charge in [-0.3, -0.25) is 5.41 Å². The first-order valence-electron chi connectivity index (χ1n) is 1.12. The summed E-state index contributed by atoms with van der Waals surface area (Å²) in [6.07, 6.45) is 1.54. The van der Waals surface area contributed by atoms with E-state index < -0.39 is 0 Å². The van der Waals surface area contributed by atoms with Crippen LogP contribution >= 0.6 is 0 Å². The molecule has 0 unspecified atom stereocenters. The van der Waals surface area contributed by atoms with Gasteiger partial charge in [-0.25, -0.2) is 0 Å². The second-order valence-electron chi connectivity index (χ2n) is 0.433. The van der Waals surface area contributed by atoms with Crippen LogP contribution in [-0.2, 0) is 0 Å². The predicted molar refractivity (Wildman–Crippen MR) is 25.1 cm³/mol. The first-order valence-corrected chi connectivity index (χ1v) is 1.12. The Kier molecular flexibility index (Phi) is 16.0. The maximum absolute atomic E-state index is 6.15. The molecule has 0 aliphatic heterocycles. The molecule has 0 heterocycles. The van der Waals surface area contributed by atoms with Crippen molar-refractivity contribution in [2.24, 2.45) is 0 Å². The molecule has 0 spiro atoms. The van der Waals surface area contributed by atoms with Crippen molar-refractivity contribution in [2.75, 3.05) is 0 Å². The Bertz CT molecular complexity index is 44.9. The number of hydrogen-bond acceptors (Lipinski definition) is 1. The Morgan fingerprint density at radius 2 is 2.00 bits per heavy atom. The van der Waals surface area contributed by atoms with Crippen LogP contribution in [0.5, 0.6) is 0 Å². The number of rotatable bonds is 0. The molecule has 0 saturated carbocycles. The predicted octanol–water partition coefficient (Wildman–Crippen LogP) is 0.162. The van der Waals surface area contributed by atoms with E-state index in [0.717, 1.165) is 0 Å². The third-order valence-corrected chi connectivity index (χ3v) is 0.144. The molecule has 24 valence electrons. The molecule has 0 radical (unpaired) electrons. The Balaban J connectivity index is 0. The quantitative estimate of drug-likeness (QED) is 0.316. The van der Waals surface area contributed by atoms with E-state index in [1.807, 2.05) is 0 Å². The van der Waals surface area contributed by atoms with Crippen LogP contribution in [0.2, 0.25) is 0 Å². The van der Waals surface area contributed by atoms with Gasteiger partial charge in [0.1, 0.15) is 0 Å². The second-order valence-corrected chi connectivity index (χ2v) is 0.433. The van der Waals surface area contributed by atoms with Gasteiger partial charge in [-0.05, 0) is 18.9 Å². The molecule has 0 aromatic carbocycles. The summed E-state index contributed by atoms with van der Waals surface area (Å²) in [7, 11) is 0. The monoisotopic (exact) mass is 79.0 g/mol. The normalized spacial score (nSPS) is 3.40. The van der Waals surface area contributed by atoms with E-state index in [4.69, 9.17) is 5.41 Å². The van der Waals surface area contributed by atoms with Gasteiger partial charge in [-0.1, -0.05) is 0 Å². The summed E-state index contributed by atoms with van der Waals surface area (Å²) in [4.78, 5) is 0. The van der Waals surface area contributed by atoms with Gasteiger partial charge in [0.15, 0.2) is 0 Å². The van der Waals surface area contributed by atoms with E-state index >= 15 is 0 Å². The van der Waals surface area contributed by atoms with E-state index in [2.05, 4.69) is 5.87 Å². The molecule has 0 atom stereocenters. The van der Waals surface area contributed by atoms with E-state index in [0.29, 0.717) is 0 Å². The fourth-order valence-electron chi connectivity index (χ4n) is 0. The maximum atomic E-state index is 6.15. The average molecular weight is 79.1 g/mol. The molecular weight excluding hydrogens is 73.0 g/mol. The van der Waals surface area contributed by atoms with Crippen molar-refractivity contribution in [3.63, 3.8) is 0 Å². The molecule has 0 aromatic heterocycles. The van der Waals surface area contributed by atoms with E-state index in [1.165, 1.54) is 0 Å². The van der Waals surface area contributed by atoms with Crippen LogP contribution in [-0.4, -0.2) is 35.4 Å². The van der Waals surface area contributed by atoms with Gasteiger partial charge in [0, 0.05) is 0 Å². The molecule has 1 N–H and O–H groups in total. The molecule has 0 rings (SSSR count). The third kappa shape index (κ3) is 12.7. The molecule has 0 aliphatic carbocycles. The SMILES string of the molecule is CC=C=N.[NaH]. The summed E-state index contributed by atoms with van der Waals surface area (Å²) in [5, 5.41) is 6.15. The topological polar surface area (TPSA) is 23.9 Å².